The Morgan fingerprint density at radius 1 is 1.32 bits per heavy atom. The summed E-state index contributed by atoms with van der Waals surface area (Å²) in [6, 6.07) is 11.3. The molecule has 7 nitrogen and oxygen atoms in total. The second-order valence-corrected chi connectivity index (χ2v) is 11.1. The third-order valence-corrected chi connectivity index (χ3v) is 8.30. The summed E-state index contributed by atoms with van der Waals surface area (Å²) in [6.07, 6.45) is 4.49. The molecule has 2 N–H and O–H groups in total. The number of hydrogen-bond donors (Lipinski definition) is 1. The summed E-state index contributed by atoms with van der Waals surface area (Å²) in [5.41, 5.74) is 6.19. The molecular formula is C28H28F2N6OS. The minimum atomic E-state index is -1.10. The number of amides is 1. The maximum atomic E-state index is 15.2. The number of amidine groups is 1. The molecule has 1 fully saturated rings. The van der Waals surface area contributed by atoms with Crippen molar-refractivity contribution in [1.82, 2.24) is 9.88 Å². The van der Waals surface area contributed by atoms with Gasteiger partial charge in [-0.2, -0.15) is 10.5 Å². The second kappa shape index (κ2) is 11.3. The van der Waals surface area contributed by atoms with Crippen molar-refractivity contribution in [1.29, 1.82) is 10.5 Å². The van der Waals surface area contributed by atoms with Crippen LogP contribution in [0.3, 0.4) is 0 Å². The summed E-state index contributed by atoms with van der Waals surface area (Å²) < 4.78 is 30.1. The Bertz CT molecular complexity index is 1360. The molecule has 2 aliphatic heterocycles. The number of aromatic nitrogens is 1. The highest BCUT2D eigenvalue weighted by Crippen LogP contribution is 2.43. The Balaban J connectivity index is 1.61. The van der Waals surface area contributed by atoms with Gasteiger partial charge in [-0.05, 0) is 68.0 Å². The van der Waals surface area contributed by atoms with Gasteiger partial charge in [-0.3, -0.25) is 14.8 Å². The van der Waals surface area contributed by atoms with Crippen molar-refractivity contribution in [3.63, 3.8) is 0 Å². The van der Waals surface area contributed by atoms with Gasteiger partial charge in [-0.1, -0.05) is 24.8 Å². The van der Waals surface area contributed by atoms with Gasteiger partial charge in [0.25, 0.3) is 0 Å². The van der Waals surface area contributed by atoms with Gasteiger partial charge in [-0.15, -0.1) is 0 Å². The number of pyridine rings is 1. The number of nitrogens with zero attached hydrogens (tertiary/aromatic N) is 5. The third-order valence-electron chi connectivity index (χ3n) is 7.29. The summed E-state index contributed by atoms with van der Waals surface area (Å²) in [5, 5.41) is 17.9. The maximum absolute atomic E-state index is 15.2. The number of thioether (sulfide) groups is 1. The van der Waals surface area contributed by atoms with Gasteiger partial charge in [0.1, 0.15) is 17.7 Å². The Kier molecular flexibility index (Phi) is 8.13. The average molecular weight is 535 g/mol. The van der Waals surface area contributed by atoms with Gasteiger partial charge < -0.3 is 10.6 Å². The molecule has 1 amide bonds. The van der Waals surface area contributed by atoms with E-state index in [-0.39, 0.29) is 34.2 Å². The molecule has 2 aliphatic rings. The highest BCUT2D eigenvalue weighted by atomic mass is 32.2. The predicted molar refractivity (Wildman–Crippen MR) is 143 cm³/mol. The van der Waals surface area contributed by atoms with Gasteiger partial charge in [0, 0.05) is 24.8 Å². The number of halogens is 2. The van der Waals surface area contributed by atoms with Crippen LogP contribution >= 0.6 is 11.8 Å². The maximum Gasteiger partial charge on any atom is 0.236 e. The number of carbonyl (C=O) groups excluding carboxylic acids is 1. The molecule has 1 aromatic carbocycles. The van der Waals surface area contributed by atoms with Gasteiger partial charge >= 0.3 is 0 Å². The van der Waals surface area contributed by atoms with Crippen molar-refractivity contribution in [2.75, 3.05) is 13.1 Å². The lowest BCUT2D eigenvalue weighted by atomic mass is 9.77. The van der Waals surface area contributed by atoms with E-state index < -0.39 is 22.4 Å². The molecule has 10 heteroatoms. The van der Waals surface area contributed by atoms with E-state index in [0.717, 1.165) is 12.8 Å². The third kappa shape index (κ3) is 5.71. The van der Waals surface area contributed by atoms with Crippen LogP contribution in [0.25, 0.3) is 11.9 Å². The SMILES string of the molecule is CC1CC(C(=O)N2CCCC(C#N)C2)SC(N)=N[C@]1(C)c1cc(/C=C(\F)c2ccc(C#N)cn2)ccc1F. The predicted octanol–water partition coefficient (Wildman–Crippen LogP) is 4.99. The normalized spacial score (nSPS) is 26.1. The number of nitriles is 2. The molecule has 3 heterocycles. The van der Waals surface area contributed by atoms with Crippen LogP contribution in [0.2, 0.25) is 0 Å². The topological polar surface area (TPSA) is 119 Å². The zero-order chi connectivity index (χ0) is 27.4. The van der Waals surface area contributed by atoms with Crippen LogP contribution in [-0.2, 0) is 10.3 Å². The molecule has 1 saturated heterocycles. The molecule has 3 unspecified atom stereocenters. The van der Waals surface area contributed by atoms with Gasteiger partial charge in [0.05, 0.1) is 34.0 Å². The average Bonchev–Trinajstić information content (AvgIpc) is 3.04. The molecule has 196 valence electrons. The Morgan fingerprint density at radius 2 is 2.11 bits per heavy atom. The molecule has 38 heavy (non-hydrogen) atoms. The lowest BCUT2D eigenvalue weighted by molar-refractivity contribution is -0.132. The Morgan fingerprint density at radius 3 is 2.79 bits per heavy atom. The van der Waals surface area contributed by atoms with E-state index in [4.69, 9.17) is 11.0 Å². The van der Waals surface area contributed by atoms with Gasteiger partial charge in [0.2, 0.25) is 5.91 Å². The zero-order valence-electron chi connectivity index (χ0n) is 21.2. The smallest absolute Gasteiger partial charge is 0.236 e. The number of hydrogen-bond acceptors (Lipinski definition) is 7. The van der Waals surface area contributed by atoms with Crippen LogP contribution in [0.5, 0.6) is 0 Å². The monoisotopic (exact) mass is 534 g/mol. The van der Waals surface area contributed by atoms with Crippen LogP contribution in [0.15, 0.2) is 41.5 Å². The van der Waals surface area contributed by atoms with E-state index in [2.05, 4.69) is 16.0 Å². The largest absolute Gasteiger partial charge is 0.378 e. The summed E-state index contributed by atoms with van der Waals surface area (Å²) >= 11 is 1.17. The summed E-state index contributed by atoms with van der Waals surface area (Å²) in [4.78, 5) is 23.7. The zero-order valence-corrected chi connectivity index (χ0v) is 22.0. The van der Waals surface area contributed by atoms with Crippen molar-refractivity contribution >= 4 is 34.7 Å². The van der Waals surface area contributed by atoms with Crippen molar-refractivity contribution in [2.24, 2.45) is 22.6 Å². The van der Waals surface area contributed by atoms with Crippen LogP contribution in [-0.4, -0.2) is 39.3 Å². The minimum absolute atomic E-state index is 0.0558. The molecule has 0 aliphatic carbocycles. The highest BCUT2D eigenvalue weighted by Gasteiger charge is 2.42. The summed E-state index contributed by atoms with van der Waals surface area (Å²) in [5.74, 6) is -1.68. The standard InChI is InChI=1S/C28H28F2N6OS/c1-17-10-25(26(37)36-9-3-4-20(14-32)16-36)38-27(33)35-28(17,2)21-11-18(5-7-22(21)29)12-23(30)24-8-6-19(13-31)15-34-24/h5-8,11-12,15,17,20,25H,3-4,9-10,16H2,1-2H3,(H2,33,35)/b23-12-/t17?,20?,25?,28-/m0/s1. The fourth-order valence-electron chi connectivity index (χ4n) is 4.92. The van der Waals surface area contributed by atoms with Crippen LogP contribution in [0, 0.1) is 40.3 Å². The van der Waals surface area contributed by atoms with E-state index in [0.29, 0.717) is 30.6 Å². The molecule has 4 atom stereocenters. The first kappa shape index (κ1) is 27.3. The molecule has 0 bridgehead atoms. The van der Waals surface area contributed by atoms with Crippen LogP contribution in [0.1, 0.15) is 55.5 Å². The van der Waals surface area contributed by atoms with Gasteiger partial charge in [-0.25, -0.2) is 8.78 Å². The number of likely N-dealkylation sites (tertiary alicyclic amines) is 1. The molecule has 0 saturated carbocycles. The lowest BCUT2D eigenvalue weighted by Crippen LogP contribution is -2.45. The van der Waals surface area contributed by atoms with Crippen LogP contribution in [0.4, 0.5) is 8.78 Å². The van der Waals surface area contributed by atoms with Crippen LogP contribution < -0.4 is 5.73 Å². The number of piperidine rings is 1. The Labute approximate surface area is 225 Å². The first-order chi connectivity index (χ1) is 18.1. The highest BCUT2D eigenvalue weighted by molar-refractivity contribution is 8.14. The minimum Gasteiger partial charge on any atom is -0.378 e. The number of nitrogens with two attached hydrogens (primary N) is 1. The summed E-state index contributed by atoms with van der Waals surface area (Å²) in [6.45, 7) is 4.67. The fourth-order valence-corrected chi connectivity index (χ4v) is 6.08. The number of carbonyl (C=O) groups is 1. The molecule has 0 spiro atoms. The molecule has 1 aromatic heterocycles. The van der Waals surface area contributed by atoms with Crippen molar-refractivity contribution in [2.45, 2.75) is 43.9 Å². The first-order valence-electron chi connectivity index (χ1n) is 12.4. The van der Waals surface area contributed by atoms with E-state index in [1.165, 1.54) is 48.3 Å². The summed E-state index contributed by atoms with van der Waals surface area (Å²) in [7, 11) is 0. The second-order valence-electron chi connectivity index (χ2n) is 9.87. The van der Waals surface area contributed by atoms with Gasteiger partial charge in [0.15, 0.2) is 5.17 Å². The molecule has 2 aromatic rings. The van der Waals surface area contributed by atoms with E-state index in [1.54, 1.807) is 17.9 Å². The number of aliphatic imine (C=N–C) groups is 1. The molecule has 0 radical (unpaired) electrons. The molecular weight excluding hydrogens is 506 g/mol. The Hall–Kier alpha value is -3.76. The quantitative estimate of drug-likeness (QED) is 0.590. The first-order valence-corrected chi connectivity index (χ1v) is 13.3. The van der Waals surface area contributed by atoms with Crippen molar-refractivity contribution in [3.8, 4) is 12.1 Å². The van der Waals surface area contributed by atoms with E-state index in [9.17, 15) is 14.4 Å². The lowest BCUT2D eigenvalue weighted by Gasteiger charge is -2.34. The van der Waals surface area contributed by atoms with E-state index in [1.807, 2.05) is 13.0 Å². The number of rotatable bonds is 4. The van der Waals surface area contributed by atoms with E-state index >= 15 is 4.39 Å². The fraction of sp³-hybridized carbons (Fsp3) is 0.393. The van der Waals surface area contributed by atoms with Crippen molar-refractivity contribution < 1.29 is 13.6 Å². The van der Waals surface area contributed by atoms with Crippen molar-refractivity contribution in [3.05, 3.63) is 64.7 Å². The number of benzene rings is 1. The molecule has 4 rings (SSSR count).